The van der Waals surface area contributed by atoms with Gasteiger partial charge in [-0.05, 0) is 63.9 Å². The maximum absolute atomic E-state index is 15.5. The second kappa shape index (κ2) is 10.5. The Bertz CT molecular complexity index is 1680. The molecule has 2 aliphatic heterocycles. The number of fused-ring (bicyclic) bond motifs is 3. The zero-order valence-corrected chi connectivity index (χ0v) is 24.3. The molecule has 0 saturated carbocycles. The smallest absolute Gasteiger partial charge is 0.415 e. The Labute approximate surface area is 242 Å². The largest absolute Gasteiger partial charge is 0.474 e. The molecule has 12 heteroatoms. The van der Waals surface area contributed by atoms with Crippen molar-refractivity contribution in [2.45, 2.75) is 52.5 Å². The summed E-state index contributed by atoms with van der Waals surface area (Å²) < 4.78 is 28.7. The molecule has 0 spiro atoms. The molecule has 1 atom stereocenters. The minimum atomic E-state index is -0.675. The molecule has 0 aliphatic carbocycles. The Balaban J connectivity index is 1.33. The molecule has 2 aliphatic rings. The molecule has 220 valence electrons. The van der Waals surface area contributed by atoms with Crippen molar-refractivity contribution in [1.82, 2.24) is 24.6 Å². The van der Waals surface area contributed by atoms with Gasteiger partial charge in [0.15, 0.2) is 5.82 Å². The minimum Gasteiger partial charge on any atom is -0.474 e. The van der Waals surface area contributed by atoms with Crippen LogP contribution in [0.1, 0.15) is 32.0 Å². The number of aliphatic hydroxyl groups is 1. The van der Waals surface area contributed by atoms with Crippen molar-refractivity contribution in [3.63, 3.8) is 0 Å². The molecule has 6 rings (SSSR count). The number of nitrogens with one attached hydrogen (secondary N) is 1. The van der Waals surface area contributed by atoms with Crippen molar-refractivity contribution in [2.75, 3.05) is 37.0 Å². The second-order valence-electron chi connectivity index (χ2n) is 11.7. The first kappa shape index (κ1) is 27.9. The maximum atomic E-state index is 15.5. The molecule has 1 unspecified atom stereocenters. The number of carbonyl (C=O) groups is 1. The number of halogens is 1. The van der Waals surface area contributed by atoms with E-state index in [0.717, 1.165) is 24.0 Å². The van der Waals surface area contributed by atoms with E-state index in [4.69, 9.17) is 9.47 Å². The average molecular weight is 576 g/mol. The lowest BCUT2D eigenvalue weighted by molar-refractivity contribution is 0.0137. The lowest BCUT2D eigenvalue weighted by Gasteiger charge is -2.32. The van der Waals surface area contributed by atoms with Gasteiger partial charge in [-0.25, -0.2) is 19.2 Å². The highest BCUT2D eigenvalue weighted by molar-refractivity contribution is 5.95. The quantitative estimate of drug-likeness (QED) is 0.361. The van der Waals surface area contributed by atoms with Gasteiger partial charge in [-0.15, -0.1) is 0 Å². The summed E-state index contributed by atoms with van der Waals surface area (Å²) in [6.07, 6.45) is 2.84. The van der Waals surface area contributed by atoms with Crippen molar-refractivity contribution in [3.05, 3.63) is 53.7 Å². The van der Waals surface area contributed by atoms with Gasteiger partial charge in [0.2, 0.25) is 5.88 Å². The maximum Gasteiger partial charge on any atom is 0.415 e. The van der Waals surface area contributed by atoms with Gasteiger partial charge in [-0.2, -0.15) is 5.10 Å². The molecule has 0 bridgehead atoms. The van der Waals surface area contributed by atoms with E-state index in [0.29, 0.717) is 58.4 Å². The van der Waals surface area contributed by atoms with Crippen LogP contribution in [0, 0.1) is 12.7 Å². The van der Waals surface area contributed by atoms with Crippen LogP contribution in [0.25, 0.3) is 21.9 Å². The van der Waals surface area contributed by atoms with E-state index < -0.39 is 23.7 Å². The van der Waals surface area contributed by atoms with Gasteiger partial charge in [0.25, 0.3) is 0 Å². The van der Waals surface area contributed by atoms with Gasteiger partial charge in [-0.1, -0.05) is 0 Å². The summed E-state index contributed by atoms with van der Waals surface area (Å²) >= 11 is 0. The number of aliphatic hydroxyl groups excluding tert-OH is 1. The molecular weight excluding hydrogens is 541 g/mol. The number of anilines is 3. The monoisotopic (exact) mass is 575 g/mol. The van der Waals surface area contributed by atoms with E-state index in [2.05, 4.69) is 20.4 Å². The number of carbonyl (C=O) groups excluding carboxylic acids is 1. The lowest BCUT2D eigenvalue weighted by atomic mass is 9.98. The lowest BCUT2D eigenvalue weighted by Crippen LogP contribution is -2.42. The van der Waals surface area contributed by atoms with Crippen molar-refractivity contribution in [1.29, 1.82) is 0 Å². The summed E-state index contributed by atoms with van der Waals surface area (Å²) in [7, 11) is 1.89. The van der Waals surface area contributed by atoms with Crippen LogP contribution in [0.3, 0.4) is 0 Å². The molecule has 0 fully saturated rings. The fourth-order valence-corrected chi connectivity index (χ4v) is 5.29. The van der Waals surface area contributed by atoms with E-state index >= 15 is 4.39 Å². The van der Waals surface area contributed by atoms with Crippen LogP contribution in [-0.2, 0) is 17.7 Å². The van der Waals surface area contributed by atoms with Crippen LogP contribution < -0.4 is 15.0 Å². The first-order valence-electron chi connectivity index (χ1n) is 13.9. The molecular formula is C30H34FN7O4. The number of pyridine rings is 2. The standard InChI is InChI=1S/C30H34FN7O4/c1-17-22(15-33-28-27(17)37(8-9-41-28)29(40)42-30(2,3)4)21-10-18-12-24(32-14-19(18)11-23(21)31)34-25-13-20-6-7-36(5)26(39)16-38(20)35-25/h10-15,26,39H,6-9,16H2,1-5H3,(H,32,34,35). The Morgan fingerprint density at radius 3 is 2.69 bits per heavy atom. The van der Waals surface area contributed by atoms with E-state index in [-0.39, 0.29) is 6.61 Å². The van der Waals surface area contributed by atoms with Crippen LogP contribution in [0.4, 0.5) is 26.5 Å². The van der Waals surface area contributed by atoms with Gasteiger partial charge in [-0.3, -0.25) is 14.5 Å². The topological polar surface area (TPSA) is 118 Å². The summed E-state index contributed by atoms with van der Waals surface area (Å²) in [5.74, 6) is 1.04. The number of hydrogen-bond acceptors (Lipinski definition) is 9. The average Bonchev–Trinajstić information content (AvgIpc) is 3.25. The first-order chi connectivity index (χ1) is 20.0. The zero-order chi connectivity index (χ0) is 29.8. The van der Waals surface area contributed by atoms with E-state index in [1.807, 2.05) is 51.8 Å². The number of aromatic nitrogens is 4. The van der Waals surface area contributed by atoms with Crippen molar-refractivity contribution < 1.29 is 23.8 Å². The van der Waals surface area contributed by atoms with Gasteiger partial charge >= 0.3 is 6.09 Å². The fraction of sp³-hybridized carbons (Fsp3) is 0.400. The third-order valence-electron chi connectivity index (χ3n) is 7.49. The molecule has 5 heterocycles. The number of hydrogen-bond donors (Lipinski definition) is 2. The van der Waals surface area contributed by atoms with E-state index in [9.17, 15) is 9.90 Å². The highest BCUT2D eigenvalue weighted by atomic mass is 19.1. The third kappa shape index (κ3) is 5.35. The molecule has 0 saturated heterocycles. The summed E-state index contributed by atoms with van der Waals surface area (Å²) in [6.45, 7) is 8.93. The Morgan fingerprint density at radius 1 is 1.10 bits per heavy atom. The van der Waals surface area contributed by atoms with Gasteiger partial charge in [0.05, 0.1) is 13.1 Å². The molecule has 11 nitrogen and oxygen atoms in total. The minimum absolute atomic E-state index is 0.280. The predicted octanol–water partition coefficient (Wildman–Crippen LogP) is 4.62. The summed E-state index contributed by atoms with van der Waals surface area (Å²) in [4.78, 5) is 25.3. The van der Waals surface area contributed by atoms with Gasteiger partial charge in [0, 0.05) is 53.6 Å². The fourth-order valence-electron chi connectivity index (χ4n) is 5.29. The van der Waals surface area contributed by atoms with Crippen molar-refractivity contribution >= 4 is 34.2 Å². The Kier molecular flexibility index (Phi) is 6.98. The highest BCUT2D eigenvalue weighted by Crippen LogP contribution is 2.40. The van der Waals surface area contributed by atoms with Gasteiger partial charge in [0.1, 0.15) is 35.8 Å². The van der Waals surface area contributed by atoms with Crippen LogP contribution in [-0.4, -0.2) is 74.4 Å². The highest BCUT2D eigenvalue weighted by Gasteiger charge is 2.32. The van der Waals surface area contributed by atoms with Gasteiger partial charge < -0.3 is 19.9 Å². The summed E-state index contributed by atoms with van der Waals surface area (Å²) in [5, 5.41) is 19.5. The summed E-state index contributed by atoms with van der Waals surface area (Å²) in [5.41, 5.74) is 2.36. The molecule has 42 heavy (non-hydrogen) atoms. The third-order valence-corrected chi connectivity index (χ3v) is 7.49. The number of ether oxygens (including phenoxy) is 2. The van der Waals surface area contributed by atoms with Crippen molar-refractivity contribution in [3.8, 4) is 17.0 Å². The predicted molar refractivity (Wildman–Crippen MR) is 157 cm³/mol. The SMILES string of the molecule is Cc1c(-c2cc3cc(Nc4cc5n(n4)CC(O)N(C)CC5)ncc3cc2F)cnc2c1N(C(=O)OC(C)(C)C)CCO2. The summed E-state index contributed by atoms with van der Waals surface area (Å²) in [6, 6.07) is 6.99. The Morgan fingerprint density at radius 2 is 1.90 bits per heavy atom. The molecule has 4 aromatic rings. The normalized spacial score (nSPS) is 17.3. The molecule has 1 aromatic carbocycles. The molecule has 0 radical (unpaired) electrons. The van der Waals surface area contributed by atoms with E-state index in [1.165, 1.54) is 11.0 Å². The number of benzene rings is 1. The number of amides is 1. The second-order valence-corrected chi connectivity index (χ2v) is 11.7. The Hall–Kier alpha value is -4.29. The van der Waals surface area contributed by atoms with Crippen LogP contribution in [0.15, 0.2) is 36.7 Å². The molecule has 2 N–H and O–H groups in total. The molecule has 1 amide bonds. The number of likely N-dealkylation sites (N-methyl/N-ethyl adjacent to an activating group) is 1. The van der Waals surface area contributed by atoms with E-state index in [1.54, 1.807) is 23.1 Å². The number of nitrogens with zero attached hydrogens (tertiary/aromatic N) is 6. The number of rotatable bonds is 3. The first-order valence-corrected chi connectivity index (χ1v) is 13.9. The van der Waals surface area contributed by atoms with Crippen molar-refractivity contribution in [2.24, 2.45) is 0 Å². The zero-order valence-electron chi connectivity index (χ0n) is 24.3. The molecule has 3 aromatic heterocycles. The van der Waals surface area contributed by atoms with Crippen LogP contribution >= 0.6 is 0 Å². The van der Waals surface area contributed by atoms with Crippen LogP contribution in [0.2, 0.25) is 0 Å². The van der Waals surface area contributed by atoms with Crippen LogP contribution in [0.5, 0.6) is 5.88 Å².